The molecule has 0 amide bonds. The molecule has 0 fully saturated rings. The summed E-state index contributed by atoms with van der Waals surface area (Å²) >= 11 is 0. The van der Waals surface area contributed by atoms with Gasteiger partial charge in [0.05, 0.1) is 0 Å². The fraction of sp³-hybridized carbons (Fsp3) is 0. The van der Waals surface area contributed by atoms with E-state index in [4.69, 9.17) is 0 Å². The molecule has 0 nitrogen and oxygen atoms in total. The Morgan fingerprint density at radius 2 is 1.00 bits per heavy atom. The van der Waals surface area contributed by atoms with Gasteiger partial charge in [-0.3, -0.25) is 0 Å². The molecule has 0 N–H and O–H groups in total. The fourth-order valence-corrected chi connectivity index (χ4v) is 2.62. The third-order valence-electron chi connectivity index (χ3n) is 4.00. The van der Waals surface area contributed by atoms with Crippen molar-refractivity contribution < 1.29 is 30.7 Å². The quantitative estimate of drug-likeness (QED) is 0.352. The van der Waals surface area contributed by atoms with Crippen LogP contribution in [0.5, 0.6) is 0 Å². The van der Waals surface area contributed by atoms with Crippen LogP contribution >= 0.6 is 0 Å². The molecule has 0 saturated carbocycles. The van der Waals surface area contributed by atoms with Crippen LogP contribution in [0.4, 0.5) is 30.7 Å². The van der Waals surface area contributed by atoms with Gasteiger partial charge in [-0.15, -0.1) is 0 Å². The van der Waals surface area contributed by atoms with E-state index in [1.54, 1.807) is 0 Å². The zero-order chi connectivity index (χ0) is 19.9. The van der Waals surface area contributed by atoms with Gasteiger partial charge in [-0.1, -0.05) is 36.9 Å². The lowest BCUT2D eigenvalue weighted by molar-refractivity contribution is 0.447. The summed E-state index contributed by atoms with van der Waals surface area (Å²) < 4.78 is 96.6. The van der Waals surface area contributed by atoms with E-state index in [1.807, 2.05) is 0 Å². The highest BCUT2D eigenvalue weighted by Crippen LogP contribution is 2.34. The molecule has 3 aromatic rings. The van der Waals surface area contributed by atoms with E-state index in [2.05, 4.69) is 6.58 Å². The second-order valence-electron chi connectivity index (χ2n) is 5.58. The lowest BCUT2D eigenvalue weighted by Gasteiger charge is -2.11. The first kappa shape index (κ1) is 18.7. The van der Waals surface area contributed by atoms with Gasteiger partial charge in [0.15, 0.2) is 40.7 Å². The zero-order valence-electron chi connectivity index (χ0n) is 13.4. The van der Waals surface area contributed by atoms with Crippen molar-refractivity contribution in [1.29, 1.82) is 0 Å². The molecule has 138 valence electrons. The lowest BCUT2D eigenvalue weighted by Crippen LogP contribution is -1.99. The molecule has 0 spiro atoms. The molecule has 27 heavy (non-hydrogen) atoms. The van der Waals surface area contributed by atoms with Crippen molar-refractivity contribution in [3.8, 4) is 22.3 Å². The second kappa shape index (κ2) is 6.90. The number of benzene rings is 3. The SMILES string of the molecule is C=Cc1ccc(-c2ccc(-c3cc(F)c(F)c(F)c3)c(F)c2F)c(F)c1F. The number of hydrogen-bond acceptors (Lipinski definition) is 0. The van der Waals surface area contributed by atoms with Crippen LogP contribution in [0, 0.1) is 40.7 Å². The summed E-state index contributed by atoms with van der Waals surface area (Å²) in [5.41, 5.74) is -2.32. The van der Waals surface area contributed by atoms with Crippen molar-refractivity contribution in [1.82, 2.24) is 0 Å². The average molecular weight is 382 g/mol. The molecule has 0 aliphatic carbocycles. The summed E-state index contributed by atoms with van der Waals surface area (Å²) in [7, 11) is 0. The van der Waals surface area contributed by atoms with Gasteiger partial charge in [0.2, 0.25) is 0 Å². The summed E-state index contributed by atoms with van der Waals surface area (Å²) in [5.74, 6) is -10.7. The van der Waals surface area contributed by atoms with Crippen LogP contribution in [0.15, 0.2) is 43.0 Å². The molecule has 0 atom stereocenters. The van der Waals surface area contributed by atoms with Crippen LogP contribution in [0.1, 0.15) is 5.56 Å². The number of rotatable bonds is 3. The maximum Gasteiger partial charge on any atom is 0.194 e. The number of halogens is 7. The molecule has 0 aromatic heterocycles. The minimum absolute atomic E-state index is 0.161. The molecular formula is C20H9F7. The minimum Gasteiger partial charge on any atom is -0.204 e. The highest BCUT2D eigenvalue weighted by atomic mass is 19.2. The molecule has 0 saturated heterocycles. The summed E-state index contributed by atoms with van der Waals surface area (Å²) in [6.07, 6.45) is 1.06. The largest absolute Gasteiger partial charge is 0.204 e. The third kappa shape index (κ3) is 3.09. The van der Waals surface area contributed by atoms with Crippen molar-refractivity contribution in [3.05, 3.63) is 89.3 Å². The molecule has 0 bridgehead atoms. The van der Waals surface area contributed by atoms with E-state index in [1.165, 1.54) is 0 Å². The van der Waals surface area contributed by atoms with E-state index in [0.717, 1.165) is 30.3 Å². The van der Waals surface area contributed by atoms with Crippen LogP contribution in [0.25, 0.3) is 28.3 Å². The first-order valence-electron chi connectivity index (χ1n) is 7.50. The normalized spacial score (nSPS) is 10.9. The predicted molar refractivity (Wildman–Crippen MR) is 87.1 cm³/mol. The van der Waals surface area contributed by atoms with Crippen molar-refractivity contribution in [2.24, 2.45) is 0 Å². The van der Waals surface area contributed by atoms with Crippen LogP contribution in [-0.2, 0) is 0 Å². The van der Waals surface area contributed by atoms with Crippen molar-refractivity contribution in [3.63, 3.8) is 0 Å². The predicted octanol–water partition coefficient (Wildman–Crippen LogP) is 6.64. The minimum atomic E-state index is -1.75. The van der Waals surface area contributed by atoms with E-state index >= 15 is 0 Å². The van der Waals surface area contributed by atoms with E-state index in [9.17, 15) is 30.7 Å². The van der Waals surface area contributed by atoms with Gasteiger partial charge in [-0.25, -0.2) is 30.7 Å². The Balaban J connectivity index is 2.17. The summed E-state index contributed by atoms with van der Waals surface area (Å²) in [4.78, 5) is 0. The van der Waals surface area contributed by atoms with Gasteiger partial charge in [-0.05, 0) is 17.7 Å². The molecule has 0 aliphatic heterocycles. The zero-order valence-corrected chi connectivity index (χ0v) is 13.4. The molecule has 0 aliphatic rings. The fourth-order valence-electron chi connectivity index (χ4n) is 2.62. The molecule has 3 aromatic carbocycles. The molecule has 0 radical (unpaired) electrons. The highest BCUT2D eigenvalue weighted by molar-refractivity contribution is 5.73. The van der Waals surface area contributed by atoms with E-state index in [0.29, 0.717) is 12.1 Å². The van der Waals surface area contributed by atoms with Crippen LogP contribution in [0.3, 0.4) is 0 Å². The van der Waals surface area contributed by atoms with E-state index < -0.39 is 63.0 Å². The molecule has 7 heteroatoms. The van der Waals surface area contributed by atoms with Gasteiger partial charge >= 0.3 is 0 Å². The maximum absolute atomic E-state index is 14.5. The average Bonchev–Trinajstić information content (AvgIpc) is 2.64. The van der Waals surface area contributed by atoms with Crippen molar-refractivity contribution in [2.75, 3.05) is 0 Å². The summed E-state index contributed by atoms with van der Waals surface area (Å²) in [5, 5.41) is 0. The number of hydrogen-bond donors (Lipinski definition) is 0. The Bertz CT molecular complexity index is 1050. The van der Waals surface area contributed by atoms with Gasteiger partial charge in [-0.2, -0.15) is 0 Å². The lowest BCUT2D eigenvalue weighted by atomic mass is 9.97. The third-order valence-corrected chi connectivity index (χ3v) is 4.00. The smallest absolute Gasteiger partial charge is 0.194 e. The van der Waals surface area contributed by atoms with Crippen LogP contribution in [-0.4, -0.2) is 0 Å². The summed E-state index contributed by atoms with van der Waals surface area (Å²) in [6, 6.07) is 5.03. The molecule has 0 unspecified atom stereocenters. The van der Waals surface area contributed by atoms with Gasteiger partial charge < -0.3 is 0 Å². The second-order valence-corrected chi connectivity index (χ2v) is 5.58. The Kier molecular flexibility index (Phi) is 4.78. The topological polar surface area (TPSA) is 0 Å². The first-order chi connectivity index (χ1) is 12.8. The Morgan fingerprint density at radius 1 is 0.556 bits per heavy atom. The Labute approximate surface area is 149 Å². The Morgan fingerprint density at radius 3 is 1.56 bits per heavy atom. The first-order valence-corrected chi connectivity index (χ1v) is 7.50. The standard InChI is InChI=1S/C20H9F7/c1-2-9-3-4-12(18(25)16(9)23)13-6-5-11(17(24)19(13)26)10-7-14(21)20(27)15(22)8-10/h2-8H,1H2. The van der Waals surface area contributed by atoms with Gasteiger partial charge in [0.1, 0.15) is 0 Å². The highest BCUT2D eigenvalue weighted by Gasteiger charge is 2.22. The molecule has 3 rings (SSSR count). The van der Waals surface area contributed by atoms with Crippen LogP contribution < -0.4 is 0 Å². The monoisotopic (exact) mass is 382 g/mol. The van der Waals surface area contributed by atoms with Gasteiger partial charge in [0, 0.05) is 22.3 Å². The van der Waals surface area contributed by atoms with Crippen molar-refractivity contribution >= 4 is 6.08 Å². The summed E-state index contributed by atoms with van der Waals surface area (Å²) in [6.45, 7) is 3.30. The van der Waals surface area contributed by atoms with Crippen LogP contribution in [0.2, 0.25) is 0 Å². The maximum atomic E-state index is 14.5. The van der Waals surface area contributed by atoms with Gasteiger partial charge in [0.25, 0.3) is 0 Å². The molecule has 0 heterocycles. The molecular weight excluding hydrogens is 373 g/mol. The van der Waals surface area contributed by atoms with E-state index in [-0.39, 0.29) is 5.56 Å². The Hall–Kier alpha value is -3.09. The van der Waals surface area contributed by atoms with Crippen molar-refractivity contribution in [2.45, 2.75) is 0 Å².